The summed E-state index contributed by atoms with van der Waals surface area (Å²) in [7, 11) is 0. The van der Waals surface area contributed by atoms with Crippen LogP contribution in [-0.4, -0.2) is 27.8 Å². The molecule has 1 aromatic heterocycles. The number of benzene rings is 3. The number of amides is 2. The van der Waals surface area contributed by atoms with Crippen LogP contribution in [-0.2, 0) is 0 Å². The first-order valence-electron chi connectivity index (χ1n) is 13.1. The van der Waals surface area contributed by atoms with Crippen LogP contribution < -0.4 is 10.6 Å². The molecule has 3 atom stereocenters. The van der Waals surface area contributed by atoms with E-state index in [9.17, 15) is 9.59 Å². The number of imidazole rings is 1. The number of aromatic nitrogens is 2. The van der Waals surface area contributed by atoms with Crippen molar-refractivity contribution < 1.29 is 9.59 Å². The van der Waals surface area contributed by atoms with Crippen LogP contribution in [0.2, 0.25) is 5.02 Å². The highest BCUT2D eigenvalue weighted by molar-refractivity contribution is 6.30. The molecule has 0 saturated heterocycles. The van der Waals surface area contributed by atoms with Crippen LogP contribution in [0.5, 0.6) is 0 Å². The van der Waals surface area contributed by atoms with Crippen molar-refractivity contribution in [2.45, 2.75) is 46.1 Å². The molecular formula is C31H31ClN4O2. The van der Waals surface area contributed by atoms with E-state index in [1.165, 1.54) is 12.8 Å². The van der Waals surface area contributed by atoms with E-state index in [2.05, 4.69) is 36.4 Å². The fourth-order valence-electron chi connectivity index (χ4n) is 6.46. The fourth-order valence-corrected chi connectivity index (χ4v) is 6.59. The Bertz CT molecular complexity index is 1540. The monoisotopic (exact) mass is 526 g/mol. The van der Waals surface area contributed by atoms with Gasteiger partial charge < -0.3 is 15.6 Å². The molecule has 3 unspecified atom stereocenters. The number of nitrogens with one attached hydrogen (secondary N) is 3. The number of carbonyl (C=O) groups excluding carboxylic acids is 2. The quantitative estimate of drug-likeness (QED) is 0.259. The molecular weight excluding hydrogens is 496 g/mol. The van der Waals surface area contributed by atoms with Crippen molar-refractivity contribution in [1.29, 1.82) is 0 Å². The van der Waals surface area contributed by atoms with Gasteiger partial charge in [0.05, 0.1) is 11.0 Å². The van der Waals surface area contributed by atoms with Gasteiger partial charge in [-0.25, -0.2) is 4.98 Å². The van der Waals surface area contributed by atoms with E-state index in [0.717, 1.165) is 23.0 Å². The molecule has 194 valence electrons. The van der Waals surface area contributed by atoms with Gasteiger partial charge in [0.15, 0.2) is 0 Å². The number of hydrogen-bond acceptors (Lipinski definition) is 3. The molecule has 3 N–H and O–H groups in total. The lowest BCUT2D eigenvalue weighted by Gasteiger charge is -2.39. The number of halogens is 1. The smallest absolute Gasteiger partial charge is 0.255 e. The molecule has 0 aliphatic heterocycles. The van der Waals surface area contributed by atoms with E-state index in [-0.39, 0.29) is 28.7 Å². The van der Waals surface area contributed by atoms with Crippen molar-refractivity contribution >= 4 is 40.1 Å². The van der Waals surface area contributed by atoms with E-state index in [4.69, 9.17) is 16.6 Å². The molecule has 2 fully saturated rings. The average Bonchev–Trinajstić information content (AvgIpc) is 3.48. The van der Waals surface area contributed by atoms with Gasteiger partial charge in [0.25, 0.3) is 11.8 Å². The summed E-state index contributed by atoms with van der Waals surface area (Å²) < 4.78 is 0. The van der Waals surface area contributed by atoms with E-state index >= 15 is 0 Å². The van der Waals surface area contributed by atoms with Gasteiger partial charge in [0, 0.05) is 33.4 Å². The molecule has 3 aromatic carbocycles. The summed E-state index contributed by atoms with van der Waals surface area (Å²) in [5, 5.41) is 6.82. The topological polar surface area (TPSA) is 86.9 Å². The SMILES string of the molecule is CC1(C)C2CCC1(C)C(NC(=O)c1ccc3[nH]c(-c4ccc(NC(=O)c5ccc(Cl)cc5)cc4)nc3c1)C2. The van der Waals surface area contributed by atoms with Crippen molar-refractivity contribution in [3.8, 4) is 11.4 Å². The van der Waals surface area contributed by atoms with Crippen LogP contribution >= 0.6 is 11.6 Å². The molecule has 4 aromatic rings. The summed E-state index contributed by atoms with van der Waals surface area (Å²) in [6.07, 6.45) is 3.48. The van der Waals surface area contributed by atoms with E-state index in [0.29, 0.717) is 33.6 Å². The molecule has 6 nitrogen and oxygen atoms in total. The fraction of sp³-hybridized carbons (Fsp3) is 0.323. The number of carbonyl (C=O) groups is 2. The molecule has 2 saturated carbocycles. The molecule has 1 heterocycles. The first-order chi connectivity index (χ1) is 18.1. The van der Waals surface area contributed by atoms with Crippen molar-refractivity contribution in [3.63, 3.8) is 0 Å². The molecule has 6 rings (SSSR count). The zero-order chi connectivity index (χ0) is 26.7. The predicted molar refractivity (Wildman–Crippen MR) is 151 cm³/mol. The number of nitrogens with zero attached hydrogens (tertiary/aromatic N) is 1. The van der Waals surface area contributed by atoms with Crippen molar-refractivity contribution in [2.24, 2.45) is 16.7 Å². The third kappa shape index (κ3) is 4.08. The Kier molecular flexibility index (Phi) is 5.84. The Morgan fingerprint density at radius 2 is 1.66 bits per heavy atom. The second-order valence-electron chi connectivity index (χ2n) is 11.5. The highest BCUT2D eigenvalue weighted by atomic mass is 35.5. The van der Waals surface area contributed by atoms with Gasteiger partial charge >= 0.3 is 0 Å². The molecule has 7 heteroatoms. The number of aromatic amines is 1. The third-order valence-electron chi connectivity index (χ3n) is 9.37. The van der Waals surface area contributed by atoms with Gasteiger partial charge in [-0.3, -0.25) is 9.59 Å². The van der Waals surface area contributed by atoms with Crippen LogP contribution in [0, 0.1) is 16.7 Å². The van der Waals surface area contributed by atoms with Crippen LogP contribution in [0.25, 0.3) is 22.4 Å². The summed E-state index contributed by atoms with van der Waals surface area (Å²) in [5.41, 5.74) is 4.72. The Balaban J connectivity index is 1.16. The van der Waals surface area contributed by atoms with E-state index in [1.807, 2.05) is 42.5 Å². The lowest BCUT2D eigenvalue weighted by atomic mass is 9.69. The van der Waals surface area contributed by atoms with Gasteiger partial charge in [-0.05, 0) is 103 Å². The third-order valence-corrected chi connectivity index (χ3v) is 9.62. The number of H-pyrrole nitrogens is 1. The van der Waals surface area contributed by atoms with E-state index < -0.39 is 0 Å². The summed E-state index contributed by atoms with van der Waals surface area (Å²) in [6.45, 7) is 7.05. The molecule has 38 heavy (non-hydrogen) atoms. The standard InChI is InChI=1S/C31H31ClN4O2/c1-30(2)21-14-15-31(30,3)26(17-21)36-29(38)20-8-13-24-25(16-20)35-27(34-24)18-6-11-23(12-7-18)33-28(37)19-4-9-22(32)10-5-19/h4-13,16,21,26H,14-15,17H2,1-3H3,(H,33,37)(H,34,35)(H,36,38). The van der Waals surface area contributed by atoms with Gasteiger partial charge in [-0.1, -0.05) is 32.4 Å². The Morgan fingerprint density at radius 3 is 2.32 bits per heavy atom. The summed E-state index contributed by atoms with van der Waals surface area (Å²) in [6, 6.07) is 20.1. The summed E-state index contributed by atoms with van der Waals surface area (Å²) in [4.78, 5) is 33.8. The number of fused-ring (bicyclic) bond motifs is 3. The first-order valence-corrected chi connectivity index (χ1v) is 13.5. The zero-order valence-corrected chi connectivity index (χ0v) is 22.5. The predicted octanol–water partition coefficient (Wildman–Crippen LogP) is 7.08. The maximum absolute atomic E-state index is 13.2. The number of hydrogen-bond donors (Lipinski definition) is 3. The largest absolute Gasteiger partial charge is 0.349 e. The maximum Gasteiger partial charge on any atom is 0.255 e. The second kappa shape index (κ2) is 8.98. The molecule has 2 bridgehead atoms. The molecule has 0 radical (unpaired) electrons. The lowest BCUT2D eigenvalue weighted by Crippen LogP contribution is -2.46. The average molecular weight is 527 g/mol. The Hall–Kier alpha value is -3.64. The number of anilines is 1. The lowest BCUT2D eigenvalue weighted by molar-refractivity contribution is 0.0826. The van der Waals surface area contributed by atoms with Crippen molar-refractivity contribution in [1.82, 2.24) is 15.3 Å². The van der Waals surface area contributed by atoms with Crippen molar-refractivity contribution in [3.05, 3.63) is 82.9 Å². The van der Waals surface area contributed by atoms with Crippen LogP contribution in [0.1, 0.15) is 60.7 Å². The molecule has 2 aliphatic carbocycles. The highest BCUT2D eigenvalue weighted by Crippen LogP contribution is 2.65. The highest BCUT2D eigenvalue weighted by Gasteiger charge is 2.61. The summed E-state index contributed by atoms with van der Waals surface area (Å²) in [5.74, 6) is 1.14. The van der Waals surface area contributed by atoms with Crippen LogP contribution in [0.4, 0.5) is 5.69 Å². The maximum atomic E-state index is 13.2. The zero-order valence-electron chi connectivity index (χ0n) is 21.8. The van der Waals surface area contributed by atoms with Crippen molar-refractivity contribution in [2.75, 3.05) is 5.32 Å². The summed E-state index contributed by atoms with van der Waals surface area (Å²) >= 11 is 5.91. The second-order valence-corrected chi connectivity index (χ2v) is 11.9. The number of rotatable bonds is 5. The first kappa shape index (κ1) is 24.7. The van der Waals surface area contributed by atoms with Gasteiger partial charge in [0.2, 0.25) is 0 Å². The van der Waals surface area contributed by atoms with Gasteiger partial charge in [-0.2, -0.15) is 0 Å². The Morgan fingerprint density at radius 1 is 0.947 bits per heavy atom. The minimum Gasteiger partial charge on any atom is -0.349 e. The van der Waals surface area contributed by atoms with E-state index in [1.54, 1.807) is 24.3 Å². The van der Waals surface area contributed by atoms with Gasteiger partial charge in [-0.15, -0.1) is 0 Å². The normalized spacial score (nSPS) is 23.5. The molecule has 0 spiro atoms. The minimum atomic E-state index is -0.202. The molecule has 2 amide bonds. The molecule has 2 aliphatic rings. The van der Waals surface area contributed by atoms with Crippen LogP contribution in [0.3, 0.4) is 0 Å². The van der Waals surface area contributed by atoms with Gasteiger partial charge in [0.1, 0.15) is 5.82 Å². The van der Waals surface area contributed by atoms with Crippen LogP contribution in [0.15, 0.2) is 66.7 Å². The Labute approximate surface area is 227 Å². The minimum absolute atomic E-state index is 0.0354.